The number of aliphatic hydroxyl groups is 1. The van der Waals surface area contributed by atoms with Gasteiger partial charge in [-0.15, -0.1) is 0 Å². The number of nitrogen functional groups attached to an aromatic ring is 1. The Balaban J connectivity index is 2.66. The molecule has 102 valence electrons. The number of aliphatic hydroxyl groups excluding tert-OH is 1. The number of anilines is 2. The van der Waals surface area contributed by atoms with Gasteiger partial charge in [0.1, 0.15) is 5.82 Å². The van der Waals surface area contributed by atoms with Gasteiger partial charge in [0.15, 0.2) is 0 Å². The van der Waals surface area contributed by atoms with Crippen molar-refractivity contribution in [3.8, 4) is 0 Å². The zero-order chi connectivity index (χ0) is 13.7. The van der Waals surface area contributed by atoms with Crippen molar-refractivity contribution in [3.05, 3.63) is 5.82 Å². The average Bonchev–Trinajstić information content (AvgIpc) is 2.25. The highest BCUT2D eigenvalue weighted by Gasteiger charge is 2.09. The van der Waals surface area contributed by atoms with Crippen LogP contribution in [0.4, 0.5) is 11.9 Å². The highest BCUT2D eigenvalue weighted by molar-refractivity contribution is 5.32. The van der Waals surface area contributed by atoms with Gasteiger partial charge in [-0.25, -0.2) is 0 Å². The molecule has 7 nitrogen and oxygen atoms in total. The summed E-state index contributed by atoms with van der Waals surface area (Å²) < 4.78 is 0. The SMILES string of the molecule is CC(O)CCN(C)Cc1nc(N)nc(N(C)C)n1. The average molecular weight is 254 g/mol. The molecular formula is C11H22N6O. The number of nitrogens with two attached hydrogens (primary N) is 1. The fraction of sp³-hybridized carbons (Fsp3) is 0.727. The highest BCUT2D eigenvalue weighted by Crippen LogP contribution is 2.07. The van der Waals surface area contributed by atoms with Crippen molar-refractivity contribution < 1.29 is 5.11 Å². The van der Waals surface area contributed by atoms with Crippen LogP contribution in [0.3, 0.4) is 0 Å². The summed E-state index contributed by atoms with van der Waals surface area (Å²) in [5.74, 6) is 1.42. The van der Waals surface area contributed by atoms with Crippen LogP contribution in [0.15, 0.2) is 0 Å². The first-order chi connectivity index (χ1) is 8.38. The van der Waals surface area contributed by atoms with Gasteiger partial charge in [-0.2, -0.15) is 15.0 Å². The number of nitrogens with zero attached hydrogens (tertiary/aromatic N) is 5. The molecule has 0 saturated carbocycles. The summed E-state index contributed by atoms with van der Waals surface area (Å²) in [6.07, 6.45) is 0.422. The number of rotatable bonds is 6. The van der Waals surface area contributed by atoms with Crippen molar-refractivity contribution in [2.24, 2.45) is 0 Å². The molecule has 0 aromatic carbocycles. The van der Waals surface area contributed by atoms with Crippen LogP contribution in [0.2, 0.25) is 0 Å². The van der Waals surface area contributed by atoms with Crippen molar-refractivity contribution in [2.45, 2.75) is 26.0 Å². The first-order valence-corrected chi connectivity index (χ1v) is 5.93. The van der Waals surface area contributed by atoms with Crippen molar-refractivity contribution in [2.75, 3.05) is 38.3 Å². The molecule has 18 heavy (non-hydrogen) atoms. The third-order valence-electron chi connectivity index (χ3n) is 2.43. The summed E-state index contributed by atoms with van der Waals surface area (Å²) in [6.45, 7) is 3.14. The predicted octanol–water partition coefficient (Wildman–Crippen LogP) is -0.277. The van der Waals surface area contributed by atoms with Gasteiger partial charge >= 0.3 is 0 Å². The topological polar surface area (TPSA) is 91.4 Å². The van der Waals surface area contributed by atoms with E-state index in [0.29, 0.717) is 18.3 Å². The molecule has 1 heterocycles. The van der Waals surface area contributed by atoms with Crippen molar-refractivity contribution >= 4 is 11.9 Å². The third kappa shape index (κ3) is 4.80. The molecule has 1 unspecified atom stereocenters. The zero-order valence-corrected chi connectivity index (χ0v) is 11.5. The van der Waals surface area contributed by atoms with Gasteiger partial charge in [0, 0.05) is 20.6 Å². The second-order valence-electron chi connectivity index (χ2n) is 4.68. The Morgan fingerprint density at radius 1 is 1.22 bits per heavy atom. The van der Waals surface area contributed by atoms with E-state index < -0.39 is 0 Å². The van der Waals surface area contributed by atoms with E-state index >= 15 is 0 Å². The molecule has 7 heteroatoms. The molecule has 0 saturated heterocycles. The molecular weight excluding hydrogens is 232 g/mol. The fourth-order valence-corrected chi connectivity index (χ4v) is 1.42. The van der Waals surface area contributed by atoms with E-state index in [-0.39, 0.29) is 12.1 Å². The maximum atomic E-state index is 9.23. The number of hydrogen-bond acceptors (Lipinski definition) is 7. The van der Waals surface area contributed by atoms with Crippen LogP contribution >= 0.6 is 0 Å². The van der Waals surface area contributed by atoms with Crippen LogP contribution in [0.1, 0.15) is 19.2 Å². The second-order valence-corrected chi connectivity index (χ2v) is 4.68. The Labute approximate surface area is 108 Å². The van der Waals surface area contributed by atoms with Crippen LogP contribution in [0.25, 0.3) is 0 Å². The maximum Gasteiger partial charge on any atom is 0.229 e. The molecule has 1 aromatic rings. The largest absolute Gasteiger partial charge is 0.393 e. The van der Waals surface area contributed by atoms with Crippen LogP contribution < -0.4 is 10.6 Å². The van der Waals surface area contributed by atoms with Crippen LogP contribution in [-0.2, 0) is 6.54 Å². The lowest BCUT2D eigenvalue weighted by molar-refractivity contribution is 0.162. The van der Waals surface area contributed by atoms with Crippen molar-refractivity contribution in [1.82, 2.24) is 19.9 Å². The quantitative estimate of drug-likeness (QED) is 0.721. The Morgan fingerprint density at radius 3 is 2.44 bits per heavy atom. The van der Waals surface area contributed by atoms with E-state index in [9.17, 15) is 5.11 Å². The Bertz CT molecular complexity index is 382. The number of hydrogen-bond donors (Lipinski definition) is 2. The van der Waals surface area contributed by atoms with Gasteiger partial charge in [-0.1, -0.05) is 0 Å². The van der Waals surface area contributed by atoms with Gasteiger partial charge in [-0.05, 0) is 20.4 Å². The fourth-order valence-electron chi connectivity index (χ4n) is 1.42. The first-order valence-electron chi connectivity index (χ1n) is 5.93. The third-order valence-corrected chi connectivity index (χ3v) is 2.43. The van der Waals surface area contributed by atoms with E-state index in [1.807, 2.05) is 26.0 Å². The first kappa shape index (κ1) is 14.6. The van der Waals surface area contributed by atoms with E-state index in [0.717, 1.165) is 13.0 Å². The van der Waals surface area contributed by atoms with E-state index in [1.54, 1.807) is 11.8 Å². The van der Waals surface area contributed by atoms with Gasteiger partial charge in [0.25, 0.3) is 0 Å². The van der Waals surface area contributed by atoms with E-state index in [4.69, 9.17) is 5.73 Å². The molecule has 3 N–H and O–H groups in total. The summed E-state index contributed by atoms with van der Waals surface area (Å²) in [7, 11) is 5.67. The zero-order valence-electron chi connectivity index (χ0n) is 11.5. The van der Waals surface area contributed by atoms with Crippen LogP contribution in [0.5, 0.6) is 0 Å². The van der Waals surface area contributed by atoms with Gasteiger partial charge < -0.3 is 15.7 Å². The minimum absolute atomic E-state index is 0.229. The molecule has 0 aliphatic rings. The molecule has 0 aliphatic carbocycles. The molecule has 1 aromatic heterocycles. The molecule has 1 rings (SSSR count). The lowest BCUT2D eigenvalue weighted by Gasteiger charge is -2.17. The molecule has 0 radical (unpaired) electrons. The standard InChI is InChI=1S/C11H22N6O/c1-8(18)5-6-17(4)7-9-13-10(12)15-11(14-9)16(2)3/h8,18H,5-7H2,1-4H3,(H2,12,13,14,15). The summed E-state index contributed by atoms with van der Waals surface area (Å²) in [5.41, 5.74) is 5.65. The Hall–Kier alpha value is -1.47. The van der Waals surface area contributed by atoms with E-state index in [1.165, 1.54) is 0 Å². The van der Waals surface area contributed by atoms with Crippen LogP contribution in [0, 0.1) is 0 Å². The van der Waals surface area contributed by atoms with Crippen molar-refractivity contribution in [3.63, 3.8) is 0 Å². The second kappa shape index (κ2) is 6.46. The maximum absolute atomic E-state index is 9.23. The lowest BCUT2D eigenvalue weighted by atomic mass is 10.3. The molecule has 1 atom stereocenters. The summed E-state index contributed by atoms with van der Waals surface area (Å²) in [6, 6.07) is 0. The normalized spacial score (nSPS) is 12.8. The highest BCUT2D eigenvalue weighted by atomic mass is 16.3. The van der Waals surface area contributed by atoms with E-state index in [2.05, 4.69) is 15.0 Å². The minimum atomic E-state index is -0.298. The van der Waals surface area contributed by atoms with Crippen LogP contribution in [-0.4, -0.2) is 58.8 Å². The van der Waals surface area contributed by atoms with Gasteiger partial charge in [0.05, 0.1) is 12.6 Å². The van der Waals surface area contributed by atoms with Gasteiger partial charge in [0.2, 0.25) is 11.9 Å². The monoisotopic (exact) mass is 254 g/mol. The lowest BCUT2D eigenvalue weighted by Crippen LogP contribution is -2.24. The molecule has 0 amide bonds. The molecule has 0 bridgehead atoms. The summed E-state index contributed by atoms with van der Waals surface area (Å²) >= 11 is 0. The molecule has 0 aliphatic heterocycles. The summed E-state index contributed by atoms with van der Waals surface area (Å²) in [4.78, 5) is 16.3. The minimum Gasteiger partial charge on any atom is -0.393 e. The van der Waals surface area contributed by atoms with Gasteiger partial charge in [-0.3, -0.25) is 4.90 Å². The Morgan fingerprint density at radius 2 is 1.89 bits per heavy atom. The predicted molar refractivity (Wildman–Crippen MR) is 71.2 cm³/mol. The number of aromatic nitrogens is 3. The molecule has 0 spiro atoms. The molecule has 0 fully saturated rings. The Kier molecular flexibility index (Phi) is 5.24. The summed E-state index contributed by atoms with van der Waals surface area (Å²) in [5, 5.41) is 9.23. The smallest absolute Gasteiger partial charge is 0.229 e. The van der Waals surface area contributed by atoms with Crippen molar-refractivity contribution in [1.29, 1.82) is 0 Å².